The third-order valence-corrected chi connectivity index (χ3v) is 3.24. The average molecular weight is 209 g/mol. The van der Waals surface area contributed by atoms with E-state index in [4.69, 9.17) is 4.84 Å². The first kappa shape index (κ1) is 10.0. The van der Waals surface area contributed by atoms with E-state index >= 15 is 0 Å². The second-order valence-corrected chi connectivity index (χ2v) is 4.50. The van der Waals surface area contributed by atoms with Crippen LogP contribution in [0.1, 0.15) is 12.0 Å². The van der Waals surface area contributed by atoms with Gasteiger partial charge in [-0.25, -0.2) is 0 Å². The molecule has 1 aliphatic rings. The predicted molar refractivity (Wildman–Crippen MR) is 59.2 cm³/mol. The van der Waals surface area contributed by atoms with Crippen LogP contribution >= 0.6 is 11.8 Å². The molecule has 0 amide bonds. The fourth-order valence-electron chi connectivity index (χ4n) is 1.38. The van der Waals surface area contributed by atoms with Crippen molar-refractivity contribution in [2.75, 3.05) is 19.0 Å². The zero-order valence-corrected chi connectivity index (χ0v) is 9.22. The van der Waals surface area contributed by atoms with E-state index in [-0.39, 0.29) is 0 Å². The molecule has 2 nitrogen and oxygen atoms in total. The number of benzene rings is 1. The molecule has 0 spiro atoms. The molecule has 1 fully saturated rings. The van der Waals surface area contributed by atoms with Gasteiger partial charge in [0, 0.05) is 11.4 Å². The van der Waals surface area contributed by atoms with Crippen molar-refractivity contribution in [2.45, 2.75) is 18.2 Å². The Balaban J connectivity index is 1.82. The molecule has 76 valence electrons. The van der Waals surface area contributed by atoms with E-state index in [9.17, 15) is 0 Å². The lowest BCUT2D eigenvalue weighted by Crippen LogP contribution is -2.16. The van der Waals surface area contributed by atoms with Crippen LogP contribution in [0, 0.1) is 6.92 Å². The fraction of sp³-hybridized carbons (Fsp3) is 0.455. The molecular weight excluding hydrogens is 194 g/mol. The van der Waals surface area contributed by atoms with Crippen molar-refractivity contribution in [1.29, 1.82) is 0 Å². The van der Waals surface area contributed by atoms with Gasteiger partial charge in [0.1, 0.15) is 0 Å². The quantitative estimate of drug-likeness (QED) is 0.710. The van der Waals surface area contributed by atoms with Crippen molar-refractivity contribution in [3.63, 3.8) is 0 Å². The number of thioether (sulfide) groups is 1. The Morgan fingerprint density at radius 2 is 2.14 bits per heavy atom. The summed E-state index contributed by atoms with van der Waals surface area (Å²) in [6.07, 6.45) is 1.16. The first-order valence-electron chi connectivity index (χ1n) is 4.92. The Bertz CT molecular complexity index is 280. The molecule has 3 heteroatoms. The smallest absolute Gasteiger partial charge is 0.0743 e. The van der Waals surface area contributed by atoms with Gasteiger partial charge < -0.3 is 0 Å². The first-order valence-corrected chi connectivity index (χ1v) is 5.90. The molecule has 0 saturated carbocycles. The number of hydrogen-bond acceptors (Lipinski definition) is 3. The van der Waals surface area contributed by atoms with Gasteiger partial charge in [-0.2, -0.15) is 5.06 Å². The van der Waals surface area contributed by atoms with Crippen LogP contribution in [0.2, 0.25) is 0 Å². The maximum atomic E-state index is 5.41. The lowest BCUT2D eigenvalue weighted by atomic mass is 10.2. The highest BCUT2D eigenvalue weighted by Crippen LogP contribution is 2.20. The molecule has 1 heterocycles. The average Bonchev–Trinajstić information content (AvgIpc) is 2.70. The molecule has 0 atom stereocenters. The van der Waals surface area contributed by atoms with Crippen LogP contribution in [0.25, 0.3) is 0 Å². The van der Waals surface area contributed by atoms with E-state index in [1.807, 2.05) is 16.8 Å². The molecule has 0 N–H and O–H groups in total. The Morgan fingerprint density at radius 3 is 2.79 bits per heavy atom. The summed E-state index contributed by atoms with van der Waals surface area (Å²) >= 11 is 1.83. The van der Waals surface area contributed by atoms with Gasteiger partial charge in [-0.05, 0) is 25.5 Å². The number of hydroxylamine groups is 2. The molecule has 1 saturated heterocycles. The maximum Gasteiger partial charge on any atom is 0.0743 e. The lowest BCUT2D eigenvalue weighted by Gasteiger charge is -2.12. The summed E-state index contributed by atoms with van der Waals surface area (Å²) in [6, 6.07) is 8.62. The highest BCUT2D eigenvalue weighted by Gasteiger charge is 2.11. The van der Waals surface area contributed by atoms with Crippen LogP contribution in [-0.2, 0) is 4.84 Å². The Hall–Kier alpha value is -0.510. The zero-order valence-electron chi connectivity index (χ0n) is 8.40. The monoisotopic (exact) mass is 209 g/mol. The molecule has 0 radical (unpaired) electrons. The lowest BCUT2D eigenvalue weighted by molar-refractivity contribution is -0.0927. The molecule has 14 heavy (non-hydrogen) atoms. The van der Waals surface area contributed by atoms with Gasteiger partial charge in [0.15, 0.2) is 0 Å². The minimum Gasteiger partial charge on any atom is -0.298 e. The molecule has 1 aliphatic heterocycles. The second kappa shape index (κ2) is 4.82. The predicted octanol–water partition coefficient (Wildman–Crippen LogP) is 2.68. The molecule has 1 aromatic carbocycles. The summed E-state index contributed by atoms with van der Waals surface area (Å²) in [6.45, 7) is 4.06. The highest BCUT2D eigenvalue weighted by atomic mass is 32.2. The fourth-order valence-corrected chi connectivity index (χ4v) is 2.21. The van der Waals surface area contributed by atoms with Crippen molar-refractivity contribution >= 4 is 11.8 Å². The minimum absolute atomic E-state index is 0.883. The normalized spacial score (nSPS) is 17.5. The SMILES string of the molecule is Cc1ccc(SCN2CCCO2)cc1. The summed E-state index contributed by atoms with van der Waals surface area (Å²) in [4.78, 5) is 6.72. The van der Waals surface area contributed by atoms with Crippen LogP contribution < -0.4 is 0 Å². The number of hydrogen-bond donors (Lipinski definition) is 0. The third-order valence-electron chi connectivity index (χ3n) is 2.22. The number of rotatable bonds is 3. The summed E-state index contributed by atoms with van der Waals surface area (Å²) in [5, 5.41) is 2.03. The van der Waals surface area contributed by atoms with Crippen molar-refractivity contribution in [3.8, 4) is 0 Å². The van der Waals surface area contributed by atoms with Gasteiger partial charge in [0.25, 0.3) is 0 Å². The van der Waals surface area contributed by atoms with Crippen molar-refractivity contribution in [3.05, 3.63) is 29.8 Å². The van der Waals surface area contributed by atoms with Crippen molar-refractivity contribution in [2.24, 2.45) is 0 Å². The number of aryl methyl sites for hydroxylation is 1. The van der Waals surface area contributed by atoms with Gasteiger partial charge in [-0.3, -0.25) is 4.84 Å². The van der Waals surface area contributed by atoms with Crippen molar-refractivity contribution < 1.29 is 4.84 Å². The van der Waals surface area contributed by atoms with E-state index in [2.05, 4.69) is 31.2 Å². The topological polar surface area (TPSA) is 12.5 Å². The zero-order chi connectivity index (χ0) is 9.80. The molecule has 1 aromatic rings. The molecule has 0 aromatic heterocycles. The molecule has 0 unspecified atom stereocenters. The summed E-state index contributed by atoms with van der Waals surface area (Å²) in [7, 11) is 0. The molecule has 2 rings (SSSR count). The standard InChI is InChI=1S/C11H15NOS/c1-10-3-5-11(6-4-10)14-9-12-7-2-8-13-12/h3-6H,2,7-9H2,1H3. The van der Waals surface area contributed by atoms with Crippen LogP contribution in [0.5, 0.6) is 0 Å². The highest BCUT2D eigenvalue weighted by molar-refractivity contribution is 7.99. The van der Waals surface area contributed by atoms with Crippen LogP contribution in [-0.4, -0.2) is 24.1 Å². The molecule has 0 aliphatic carbocycles. The Morgan fingerprint density at radius 1 is 1.36 bits per heavy atom. The van der Waals surface area contributed by atoms with E-state index < -0.39 is 0 Å². The van der Waals surface area contributed by atoms with Gasteiger partial charge >= 0.3 is 0 Å². The van der Waals surface area contributed by atoms with Gasteiger partial charge in [0.05, 0.1) is 12.5 Å². The maximum absolute atomic E-state index is 5.41. The minimum atomic E-state index is 0.883. The van der Waals surface area contributed by atoms with Crippen molar-refractivity contribution in [1.82, 2.24) is 5.06 Å². The van der Waals surface area contributed by atoms with Gasteiger partial charge in [0.2, 0.25) is 0 Å². The molecular formula is C11H15NOS. The van der Waals surface area contributed by atoms with Gasteiger partial charge in [-0.15, -0.1) is 11.8 Å². The Kier molecular flexibility index (Phi) is 3.45. The van der Waals surface area contributed by atoms with E-state index in [1.165, 1.54) is 10.5 Å². The van der Waals surface area contributed by atoms with Crippen LogP contribution in [0.3, 0.4) is 0 Å². The second-order valence-electron chi connectivity index (χ2n) is 3.48. The van der Waals surface area contributed by atoms with Crippen LogP contribution in [0.15, 0.2) is 29.2 Å². The molecule has 0 bridgehead atoms. The van der Waals surface area contributed by atoms with E-state index in [0.717, 1.165) is 25.4 Å². The largest absolute Gasteiger partial charge is 0.298 e. The number of nitrogens with zero attached hydrogens (tertiary/aromatic N) is 1. The summed E-state index contributed by atoms with van der Waals surface area (Å²) in [5.74, 6) is 0.934. The van der Waals surface area contributed by atoms with E-state index in [0.29, 0.717) is 0 Å². The van der Waals surface area contributed by atoms with Gasteiger partial charge in [-0.1, -0.05) is 17.7 Å². The van der Waals surface area contributed by atoms with E-state index in [1.54, 1.807) is 0 Å². The summed E-state index contributed by atoms with van der Waals surface area (Å²) < 4.78 is 0. The summed E-state index contributed by atoms with van der Waals surface area (Å²) in [5.41, 5.74) is 1.31. The third kappa shape index (κ3) is 2.74. The van der Waals surface area contributed by atoms with Crippen LogP contribution in [0.4, 0.5) is 0 Å². The Labute approximate surface area is 89.2 Å². The first-order chi connectivity index (χ1) is 6.84.